The predicted molar refractivity (Wildman–Crippen MR) is 139 cm³/mol. The first-order valence-corrected chi connectivity index (χ1v) is 13.1. The lowest BCUT2D eigenvalue weighted by Gasteiger charge is -2.30. The van der Waals surface area contributed by atoms with Gasteiger partial charge in [0.05, 0.1) is 12.2 Å². The minimum atomic E-state index is 0.0678. The van der Waals surface area contributed by atoms with Gasteiger partial charge in [0.1, 0.15) is 17.4 Å². The molecule has 0 unspecified atom stereocenters. The number of piperidine rings is 1. The van der Waals surface area contributed by atoms with Crippen molar-refractivity contribution in [2.75, 3.05) is 26.2 Å². The fourth-order valence-electron chi connectivity index (χ4n) is 4.28. The Morgan fingerprint density at radius 1 is 1.06 bits per heavy atom. The van der Waals surface area contributed by atoms with Crippen LogP contribution in [0.25, 0.3) is 0 Å². The number of ether oxygens (including phenoxy) is 1. The number of aromatic nitrogens is 1. The molecule has 0 bridgehead atoms. The molecule has 1 saturated heterocycles. The summed E-state index contributed by atoms with van der Waals surface area (Å²) >= 11 is 1.59. The van der Waals surface area contributed by atoms with Crippen molar-refractivity contribution in [3.05, 3.63) is 80.8 Å². The van der Waals surface area contributed by atoms with Crippen LogP contribution in [0.4, 0.5) is 0 Å². The molecule has 1 aliphatic rings. The summed E-state index contributed by atoms with van der Waals surface area (Å²) in [6.45, 7) is 11.0. The first-order valence-electron chi connectivity index (χ1n) is 12.2. The molecule has 34 heavy (non-hydrogen) atoms. The summed E-state index contributed by atoms with van der Waals surface area (Å²) in [5, 5.41) is 2.98. The summed E-state index contributed by atoms with van der Waals surface area (Å²) in [5.41, 5.74) is 5.19. The van der Waals surface area contributed by atoms with Crippen molar-refractivity contribution in [1.82, 2.24) is 14.8 Å². The fraction of sp³-hybridized carbons (Fsp3) is 0.429. The van der Waals surface area contributed by atoms with Crippen molar-refractivity contribution in [1.29, 1.82) is 0 Å². The quantitative estimate of drug-likeness (QED) is 0.392. The largest absolute Gasteiger partial charge is 0.486 e. The van der Waals surface area contributed by atoms with Crippen molar-refractivity contribution >= 4 is 17.2 Å². The van der Waals surface area contributed by atoms with Crippen LogP contribution < -0.4 is 4.74 Å². The van der Waals surface area contributed by atoms with Crippen LogP contribution >= 0.6 is 11.3 Å². The van der Waals surface area contributed by atoms with Crippen LogP contribution in [0.15, 0.2) is 47.8 Å². The smallest absolute Gasteiger partial charge is 0.254 e. The van der Waals surface area contributed by atoms with Gasteiger partial charge in [-0.15, -0.1) is 11.3 Å². The van der Waals surface area contributed by atoms with E-state index in [1.54, 1.807) is 11.3 Å². The van der Waals surface area contributed by atoms with E-state index in [4.69, 9.17) is 9.72 Å². The van der Waals surface area contributed by atoms with Gasteiger partial charge in [-0.25, -0.2) is 4.98 Å². The second-order valence-corrected chi connectivity index (χ2v) is 10.2. The minimum absolute atomic E-state index is 0.0678. The van der Waals surface area contributed by atoms with Crippen molar-refractivity contribution in [3.8, 4) is 5.75 Å². The monoisotopic (exact) mass is 477 g/mol. The first-order chi connectivity index (χ1) is 16.5. The SMILES string of the molecule is Cc1ccc(C(=O)N(CCN2CCCCC2)Cc2csc(COc3cccc(C)c3C)n2)cc1. The van der Waals surface area contributed by atoms with E-state index in [1.165, 1.54) is 24.8 Å². The van der Waals surface area contributed by atoms with Crippen LogP contribution in [0.3, 0.4) is 0 Å². The number of carbonyl (C=O) groups is 1. The molecule has 2 heterocycles. The zero-order valence-corrected chi connectivity index (χ0v) is 21.4. The third kappa shape index (κ3) is 6.45. The van der Waals surface area contributed by atoms with Crippen LogP contribution in [0.5, 0.6) is 5.75 Å². The second-order valence-electron chi connectivity index (χ2n) is 9.21. The summed E-state index contributed by atoms with van der Waals surface area (Å²) in [6.07, 6.45) is 3.82. The molecule has 0 spiro atoms. The summed E-state index contributed by atoms with van der Waals surface area (Å²) in [6, 6.07) is 14.0. The van der Waals surface area contributed by atoms with Gasteiger partial charge in [0.15, 0.2) is 0 Å². The Morgan fingerprint density at radius 2 is 1.82 bits per heavy atom. The standard InChI is InChI=1S/C28H35N3O2S/c1-21-10-12-24(13-11-21)28(32)31(17-16-30-14-5-4-6-15-30)18-25-20-34-27(29-25)19-33-26-9-7-8-22(2)23(26)3/h7-13,20H,4-6,14-19H2,1-3H3. The molecule has 6 heteroatoms. The number of amides is 1. The van der Waals surface area contributed by atoms with Crippen molar-refractivity contribution in [2.45, 2.75) is 53.2 Å². The van der Waals surface area contributed by atoms with E-state index in [-0.39, 0.29) is 5.91 Å². The highest BCUT2D eigenvalue weighted by Gasteiger charge is 2.20. The van der Waals surface area contributed by atoms with E-state index in [0.29, 0.717) is 19.7 Å². The molecule has 0 atom stereocenters. The zero-order valence-electron chi connectivity index (χ0n) is 20.5. The fourth-order valence-corrected chi connectivity index (χ4v) is 4.98. The van der Waals surface area contributed by atoms with Crippen LogP contribution in [0.1, 0.15) is 57.0 Å². The molecule has 4 rings (SSSR count). The molecule has 180 valence electrons. The van der Waals surface area contributed by atoms with E-state index < -0.39 is 0 Å². The Hall–Kier alpha value is -2.70. The molecular weight excluding hydrogens is 442 g/mol. The molecule has 1 amide bonds. The van der Waals surface area contributed by atoms with Gasteiger partial charge in [0, 0.05) is 24.0 Å². The molecule has 0 N–H and O–H groups in total. The summed E-state index contributed by atoms with van der Waals surface area (Å²) in [4.78, 5) is 22.6. The third-order valence-corrected chi connectivity index (χ3v) is 7.45. The molecule has 5 nitrogen and oxygen atoms in total. The van der Waals surface area contributed by atoms with Crippen molar-refractivity contribution < 1.29 is 9.53 Å². The van der Waals surface area contributed by atoms with Crippen molar-refractivity contribution in [2.24, 2.45) is 0 Å². The zero-order chi connectivity index (χ0) is 23.9. The van der Waals surface area contributed by atoms with Gasteiger partial charge < -0.3 is 14.5 Å². The maximum absolute atomic E-state index is 13.4. The summed E-state index contributed by atoms with van der Waals surface area (Å²) in [7, 11) is 0. The molecule has 3 aromatic rings. The highest BCUT2D eigenvalue weighted by molar-refractivity contribution is 7.09. The van der Waals surface area contributed by atoms with Crippen LogP contribution in [0.2, 0.25) is 0 Å². The van der Waals surface area contributed by atoms with E-state index in [1.807, 2.05) is 48.2 Å². The molecule has 1 aromatic heterocycles. The predicted octanol–water partition coefficient (Wildman–Crippen LogP) is 5.78. The first kappa shape index (κ1) is 24.4. The number of carbonyl (C=O) groups excluding carboxylic acids is 1. The topological polar surface area (TPSA) is 45.7 Å². The highest BCUT2D eigenvalue weighted by atomic mass is 32.1. The van der Waals surface area contributed by atoms with Gasteiger partial charge in [-0.1, -0.05) is 36.2 Å². The number of benzene rings is 2. The molecule has 1 aliphatic heterocycles. The molecule has 0 radical (unpaired) electrons. The minimum Gasteiger partial charge on any atom is -0.486 e. The number of nitrogens with zero attached hydrogens (tertiary/aromatic N) is 3. The number of hydrogen-bond donors (Lipinski definition) is 0. The van der Waals surface area contributed by atoms with Gasteiger partial charge in [0.2, 0.25) is 0 Å². The summed E-state index contributed by atoms with van der Waals surface area (Å²) < 4.78 is 6.04. The number of likely N-dealkylation sites (tertiary alicyclic amines) is 1. The van der Waals surface area contributed by atoms with E-state index in [0.717, 1.165) is 52.8 Å². The van der Waals surface area contributed by atoms with Gasteiger partial charge in [-0.3, -0.25) is 4.79 Å². The van der Waals surface area contributed by atoms with Gasteiger partial charge in [-0.05, 0) is 76.0 Å². The normalized spacial score (nSPS) is 14.2. The lowest BCUT2D eigenvalue weighted by molar-refractivity contribution is 0.0713. The molecule has 2 aromatic carbocycles. The second kappa shape index (κ2) is 11.6. The van der Waals surface area contributed by atoms with E-state index in [2.05, 4.69) is 30.2 Å². The molecule has 0 saturated carbocycles. The molecular formula is C28H35N3O2S. The maximum Gasteiger partial charge on any atom is 0.254 e. The summed E-state index contributed by atoms with van der Waals surface area (Å²) in [5.74, 6) is 0.965. The Bertz CT molecular complexity index is 1090. The number of aryl methyl sites for hydroxylation is 2. The average molecular weight is 478 g/mol. The lowest BCUT2D eigenvalue weighted by atomic mass is 10.1. The number of thiazole rings is 1. The third-order valence-electron chi connectivity index (χ3n) is 6.58. The number of rotatable bonds is 9. The van der Waals surface area contributed by atoms with Crippen molar-refractivity contribution in [3.63, 3.8) is 0 Å². The Morgan fingerprint density at radius 3 is 2.59 bits per heavy atom. The van der Waals surface area contributed by atoms with Gasteiger partial charge in [-0.2, -0.15) is 0 Å². The Labute approximate surface area is 207 Å². The van der Waals surface area contributed by atoms with E-state index >= 15 is 0 Å². The van der Waals surface area contributed by atoms with Gasteiger partial charge in [0.25, 0.3) is 5.91 Å². The molecule has 1 fully saturated rings. The number of hydrogen-bond acceptors (Lipinski definition) is 5. The Kier molecular flexibility index (Phi) is 8.35. The maximum atomic E-state index is 13.4. The van der Waals surface area contributed by atoms with Crippen LogP contribution in [-0.4, -0.2) is 46.9 Å². The lowest BCUT2D eigenvalue weighted by Crippen LogP contribution is -2.40. The Balaban J connectivity index is 1.42. The van der Waals surface area contributed by atoms with Gasteiger partial charge >= 0.3 is 0 Å². The van der Waals surface area contributed by atoms with E-state index in [9.17, 15) is 4.79 Å². The van der Waals surface area contributed by atoms with Crippen LogP contribution in [0, 0.1) is 20.8 Å². The highest BCUT2D eigenvalue weighted by Crippen LogP contribution is 2.23. The molecule has 0 aliphatic carbocycles. The average Bonchev–Trinajstić information content (AvgIpc) is 3.31. The van der Waals surface area contributed by atoms with Crippen LogP contribution in [-0.2, 0) is 13.2 Å².